The van der Waals surface area contributed by atoms with E-state index in [0.29, 0.717) is 22.8 Å². The van der Waals surface area contributed by atoms with Gasteiger partial charge in [0.25, 0.3) is 5.56 Å². The fourth-order valence-electron chi connectivity index (χ4n) is 2.69. The molecule has 1 aliphatic heterocycles. The van der Waals surface area contributed by atoms with Crippen molar-refractivity contribution in [2.24, 2.45) is 12.8 Å². The third-order valence-electron chi connectivity index (χ3n) is 3.97. The molecule has 120 valence electrons. The molecule has 1 atom stereocenters. The number of aromatic nitrogens is 1. The van der Waals surface area contributed by atoms with Crippen LogP contribution >= 0.6 is 0 Å². The first-order chi connectivity index (χ1) is 11.0. The molecule has 0 radical (unpaired) electrons. The number of ether oxygens (including phenoxy) is 2. The first-order valence-electron chi connectivity index (χ1n) is 6.95. The second-order valence-corrected chi connectivity index (χ2v) is 5.25. The van der Waals surface area contributed by atoms with Crippen LogP contribution in [0.1, 0.15) is 22.9 Å². The minimum Gasteiger partial charge on any atom is -0.468 e. The number of aryl methyl sites for hydroxylation is 1. The van der Waals surface area contributed by atoms with E-state index < -0.39 is 11.9 Å². The summed E-state index contributed by atoms with van der Waals surface area (Å²) in [7, 11) is 2.89. The molecule has 3 rings (SSSR count). The van der Waals surface area contributed by atoms with Crippen molar-refractivity contribution < 1.29 is 18.7 Å². The van der Waals surface area contributed by atoms with Crippen molar-refractivity contribution in [2.75, 3.05) is 7.11 Å². The van der Waals surface area contributed by atoms with Gasteiger partial charge in [-0.25, -0.2) is 4.79 Å². The van der Waals surface area contributed by atoms with Crippen LogP contribution in [0, 0.1) is 6.92 Å². The number of nitrogens with zero attached hydrogens (tertiary/aromatic N) is 1. The van der Waals surface area contributed by atoms with E-state index in [1.807, 2.05) is 0 Å². The molecule has 0 aromatic carbocycles. The average Bonchev–Trinajstić information content (AvgIpc) is 3.05. The van der Waals surface area contributed by atoms with Gasteiger partial charge < -0.3 is 24.2 Å². The topological polar surface area (TPSA) is 96.7 Å². The minimum atomic E-state index is -0.777. The fraction of sp³-hybridized carbons (Fsp3) is 0.250. The number of rotatable bonds is 2. The third kappa shape index (κ3) is 2.21. The lowest BCUT2D eigenvalue weighted by atomic mass is 9.87. The summed E-state index contributed by atoms with van der Waals surface area (Å²) < 4.78 is 17.2. The van der Waals surface area contributed by atoms with Crippen molar-refractivity contribution in [2.45, 2.75) is 12.8 Å². The van der Waals surface area contributed by atoms with Crippen LogP contribution in [0.3, 0.4) is 0 Å². The van der Waals surface area contributed by atoms with E-state index in [1.54, 1.807) is 32.2 Å². The van der Waals surface area contributed by atoms with Gasteiger partial charge in [-0.3, -0.25) is 4.79 Å². The van der Waals surface area contributed by atoms with Crippen molar-refractivity contribution >= 4 is 5.97 Å². The molecular weight excluding hydrogens is 300 g/mol. The maximum atomic E-state index is 12.7. The monoisotopic (exact) mass is 316 g/mol. The summed E-state index contributed by atoms with van der Waals surface area (Å²) in [5.41, 5.74) is 6.68. The molecule has 1 unspecified atom stereocenters. The zero-order valence-corrected chi connectivity index (χ0v) is 13.0. The van der Waals surface area contributed by atoms with E-state index in [9.17, 15) is 9.59 Å². The molecule has 0 bridgehead atoms. The summed E-state index contributed by atoms with van der Waals surface area (Å²) in [6.07, 6.45) is 1.47. The first kappa shape index (κ1) is 15.0. The highest BCUT2D eigenvalue weighted by molar-refractivity contribution is 5.92. The molecule has 0 saturated heterocycles. The van der Waals surface area contributed by atoms with Crippen LogP contribution in [0.2, 0.25) is 0 Å². The summed E-state index contributed by atoms with van der Waals surface area (Å²) in [6.45, 7) is 1.78. The Morgan fingerprint density at radius 1 is 1.43 bits per heavy atom. The smallest absolute Gasteiger partial charge is 0.340 e. The Kier molecular flexibility index (Phi) is 3.48. The number of methoxy groups -OCH3 is 1. The molecule has 7 nitrogen and oxygen atoms in total. The number of carbonyl (C=O) groups excluding carboxylic acids is 1. The minimum absolute atomic E-state index is 0.0518. The van der Waals surface area contributed by atoms with E-state index in [-0.39, 0.29) is 17.0 Å². The highest BCUT2D eigenvalue weighted by Gasteiger charge is 2.39. The van der Waals surface area contributed by atoms with Gasteiger partial charge in [0, 0.05) is 18.8 Å². The van der Waals surface area contributed by atoms with Gasteiger partial charge >= 0.3 is 5.97 Å². The van der Waals surface area contributed by atoms with Crippen molar-refractivity contribution in [3.63, 3.8) is 0 Å². The van der Waals surface area contributed by atoms with Crippen LogP contribution in [0.5, 0.6) is 5.75 Å². The van der Waals surface area contributed by atoms with E-state index in [1.165, 1.54) is 17.9 Å². The zero-order valence-electron chi connectivity index (χ0n) is 13.0. The van der Waals surface area contributed by atoms with Gasteiger partial charge in [-0.15, -0.1) is 0 Å². The van der Waals surface area contributed by atoms with Crippen molar-refractivity contribution in [1.82, 2.24) is 4.57 Å². The Hall–Kier alpha value is -2.96. The maximum absolute atomic E-state index is 12.7. The lowest BCUT2D eigenvalue weighted by Crippen LogP contribution is -2.34. The van der Waals surface area contributed by atoms with E-state index >= 15 is 0 Å². The van der Waals surface area contributed by atoms with Crippen molar-refractivity contribution in [1.29, 1.82) is 0 Å². The van der Waals surface area contributed by atoms with Crippen molar-refractivity contribution in [3.05, 3.63) is 63.3 Å². The van der Waals surface area contributed by atoms with Gasteiger partial charge in [0.2, 0.25) is 5.88 Å². The molecule has 23 heavy (non-hydrogen) atoms. The lowest BCUT2D eigenvalue weighted by molar-refractivity contribution is -0.136. The van der Waals surface area contributed by atoms with Gasteiger partial charge in [0.15, 0.2) is 0 Å². The molecule has 1 aliphatic rings. The zero-order chi connectivity index (χ0) is 16.7. The largest absolute Gasteiger partial charge is 0.468 e. The number of hydrogen-bond acceptors (Lipinski definition) is 6. The summed E-state index contributed by atoms with van der Waals surface area (Å²) in [6, 6.07) is 5.05. The second kappa shape index (κ2) is 5.35. The second-order valence-electron chi connectivity index (χ2n) is 5.25. The Balaban J connectivity index is 2.34. The molecule has 0 fully saturated rings. The van der Waals surface area contributed by atoms with Crippen LogP contribution in [0.15, 0.2) is 45.1 Å². The number of furan rings is 1. The van der Waals surface area contributed by atoms with Crippen LogP contribution in [0.25, 0.3) is 0 Å². The molecule has 3 heterocycles. The Bertz CT molecular complexity index is 861. The summed E-state index contributed by atoms with van der Waals surface area (Å²) in [5.74, 6) is -0.813. The van der Waals surface area contributed by atoms with Crippen molar-refractivity contribution in [3.8, 4) is 5.75 Å². The molecule has 0 aliphatic carbocycles. The number of esters is 1. The molecule has 2 aromatic rings. The SMILES string of the molecule is COC(=O)C1=C(N)Oc2cc(C)n(C)c(=O)c2C1c1ccco1. The van der Waals surface area contributed by atoms with Crippen LogP contribution in [0.4, 0.5) is 0 Å². The molecule has 0 amide bonds. The number of nitrogens with two attached hydrogens (primary N) is 1. The Morgan fingerprint density at radius 2 is 2.17 bits per heavy atom. The van der Waals surface area contributed by atoms with E-state index in [2.05, 4.69) is 0 Å². The molecule has 0 saturated carbocycles. The highest BCUT2D eigenvalue weighted by Crippen LogP contribution is 2.41. The normalized spacial score (nSPS) is 16.7. The standard InChI is InChI=1S/C16H16N2O5/c1-8-7-10-12(15(19)18(8)2)11(9-5-4-6-22-9)13(14(17)23-10)16(20)21-3/h4-7,11H,17H2,1-3H3. The number of pyridine rings is 1. The van der Waals surface area contributed by atoms with Crippen LogP contribution < -0.4 is 16.0 Å². The van der Waals surface area contributed by atoms with Gasteiger partial charge in [-0.1, -0.05) is 0 Å². The van der Waals surface area contributed by atoms with Gasteiger partial charge in [-0.05, 0) is 19.1 Å². The van der Waals surface area contributed by atoms with Gasteiger partial charge in [0.1, 0.15) is 17.1 Å². The Labute approximate surface area is 131 Å². The summed E-state index contributed by atoms with van der Waals surface area (Å²) in [5, 5.41) is 0. The summed E-state index contributed by atoms with van der Waals surface area (Å²) in [4.78, 5) is 24.9. The quantitative estimate of drug-likeness (QED) is 0.835. The predicted octanol–water partition coefficient (Wildman–Crippen LogP) is 1.15. The fourth-order valence-corrected chi connectivity index (χ4v) is 2.69. The summed E-state index contributed by atoms with van der Waals surface area (Å²) >= 11 is 0. The maximum Gasteiger partial charge on any atom is 0.340 e. The van der Waals surface area contributed by atoms with Crippen LogP contribution in [-0.2, 0) is 16.6 Å². The number of fused-ring (bicyclic) bond motifs is 1. The van der Waals surface area contributed by atoms with E-state index in [0.717, 1.165) is 0 Å². The lowest BCUT2D eigenvalue weighted by Gasteiger charge is -2.26. The molecule has 0 spiro atoms. The number of carbonyl (C=O) groups is 1. The Morgan fingerprint density at radius 3 is 2.78 bits per heavy atom. The molecular formula is C16H16N2O5. The number of hydrogen-bond donors (Lipinski definition) is 1. The van der Waals surface area contributed by atoms with Gasteiger partial charge in [0.05, 0.1) is 24.9 Å². The molecule has 2 aromatic heterocycles. The average molecular weight is 316 g/mol. The predicted molar refractivity (Wildman–Crippen MR) is 80.8 cm³/mol. The molecule has 2 N–H and O–H groups in total. The van der Waals surface area contributed by atoms with Gasteiger partial charge in [-0.2, -0.15) is 0 Å². The van der Waals surface area contributed by atoms with Crippen LogP contribution in [-0.4, -0.2) is 17.6 Å². The molecule has 7 heteroatoms. The third-order valence-corrected chi connectivity index (χ3v) is 3.97. The highest BCUT2D eigenvalue weighted by atomic mass is 16.5. The van der Waals surface area contributed by atoms with E-state index in [4.69, 9.17) is 19.6 Å². The first-order valence-corrected chi connectivity index (χ1v) is 6.95.